The van der Waals surface area contributed by atoms with Gasteiger partial charge < -0.3 is 11.1 Å². The zero-order chi connectivity index (χ0) is 13.8. The number of halogens is 1. The standard InChI is InChI=1S/C14H20FN3O/c1-2-10-5-6-18(8-10)9-14(19)17-11-3-4-12(15)13(16)7-11/h3-4,7,10H,2,5-6,8-9,16H2,1H3,(H,17,19). The molecule has 104 valence electrons. The van der Waals surface area contributed by atoms with Gasteiger partial charge in [0.25, 0.3) is 0 Å². The van der Waals surface area contributed by atoms with Crippen molar-refractivity contribution in [1.29, 1.82) is 0 Å². The first-order chi connectivity index (χ1) is 9.08. The minimum Gasteiger partial charge on any atom is -0.396 e. The largest absolute Gasteiger partial charge is 0.396 e. The number of amides is 1. The summed E-state index contributed by atoms with van der Waals surface area (Å²) in [6.07, 6.45) is 2.32. The number of likely N-dealkylation sites (tertiary alicyclic amines) is 1. The maximum absolute atomic E-state index is 13.0. The molecule has 0 bridgehead atoms. The van der Waals surface area contributed by atoms with E-state index in [1.165, 1.54) is 18.2 Å². The smallest absolute Gasteiger partial charge is 0.238 e. The molecule has 1 fully saturated rings. The summed E-state index contributed by atoms with van der Waals surface area (Å²) in [6, 6.07) is 4.21. The van der Waals surface area contributed by atoms with E-state index in [-0.39, 0.29) is 11.6 Å². The molecular formula is C14H20FN3O. The van der Waals surface area contributed by atoms with Crippen LogP contribution in [-0.4, -0.2) is 30.4 Å². The van der Waals surface area contributed by atoms with Gasteiger partial charge in [-0.3, -0.25) is 9.69 Å². The van der Waals surface area contributed by atoms with Crippen LogP contribution in [0.3, 0.4) is 0 Å². The fraction of sp³-hybridized carbons (Fsp3) is 0.500. The van der Waals surface area contributed by atoms with Crippen LogP contribution in [-0.2, 0) is 4.79 Å². The van der Waals surface area contributed by atoms with Crippen LogP contribution in [0.2, 0.25) is 0 Å². The molecule has 1 aromatic carbocycles. The lowest BCUT2D eigenvalue weighted by Crippen LogP contribution is -2.31. The van der Waals surface area contributed by atoms with E-state index >= 15 is 0 Å². The topological polar surface area (TPSA) is 58.4 Å². The van der Waals surface area contributed by atoms with Crippen molar-refractivity contribution in [2.75, 3.05) is 30.7 Å². The van der Waals surface area contributed by atoms with E-state index in [9.17, 15) is 9.18 Å². The Morgan fingerprint density at radius 3 is 3.00 bits per heavy atom. The lowest BCUT2D eigenvalue weighted by Gasteiger charge is -2.15. The van der Waals surface area contributed by atoms with Gasteiger partial charge in [-0.2, -0.15) is 0 Å². The second-order valence-corrected chi connectivity index (χ2v) is 5.08. The SMILES string of the molecule is CCC1CCN(CC(=O)Nc2ccc(F)c(N)c2)C1. The third kappa shape index (κ3) is 3.67. The molecule has 1 unspecified atom stereocenters. The second-order valence-electron chi connectivity index (χ2n) is 5.08. The summed E-state index contributed by atoms with van der Waals surface area (Å²) in [5, 5.41) is 2.74. The molecule has 5 heteroatoms. The zero-order valence-electron chi connectivity index (χ0n) is 11.2. The summed E-state index contributed by atoms with van der Waals surface area (Å²) in [7, 11) is 0. The minimum atomic E-state index is -0.469. The number of carbonyl (C=O) groups is 1. The van der Waals surface area contributed by atoms with E-state index in [1.807, 2.05) is 0 Å². The van der Waals surface area contributed by atoms with Crippen LogP contribution in [0.4, 0.5) is 15.8 Å². The van der Waals surface area contributed by atoms with Crippen molar-refractivity contribution in [2.24, 2.45) is 5.92 Å². The number of nitrogens with two attached hydrogens (primary N) is 1. The van der Waals surface area contributed by atoms with Crippen molar-refractivity contribution in [3.8, 4) is 0 Å². The first-order valence-electron chi connectivity index (χ1n) is 6.65. The van der Waals surface area contributed by atoms with E-state index in [0.29, 0.717) is 18.2 Å². The Hall–Kier alpha value is -1.62. The number of rotatable bonds is 4. The molecule has 1 atom stereocenters. The first-order valence-corrected chi connectivity index (χ1v) is 6.65. The normalized spacial score (nSPS) is 19.6. The van der Waals surface area contributed by atoms with Crippen LogP contribution >= 0.6 is 0 Å². The van der Waals surface area contributed by atoms with Crippen LogP contribution < -0.4 is 11.1 Å². The molecule has 4 nitrogen and oxygen atoms in total. The van der Waals surface area contributed by atoms with Crippen LogP contribution in [0, 0.1) is 11.7 Å². The zero-order valence-corrected chi connectivity index (χ0v) is 11.2. The lowest BCUT2D eigenvalue weighted by atomic mass is 10.1. The highest BCUT2D eigenvalue weighted by Gasteiger charge is 2.22. The predicted octanol–water partition coefficient (Wildman–Crippen LogP) is 2.08. The molecule has 1 saturated heterocycles. The molecule has 0 aromatic heterocycles. The highest BCUT2D eigenvalue weighted by molar-refractivity contribution is 5.92. The van der Waals surface area contributed by atoms with Crippen molar-refractivity contribution in [1.82, 2.24) is 4.90 Å². The molecule has 1 aliphatic rings. The molecule has 0 radical (unpaired) electrons. The van der Waals surface area contributed by atoms with Gasteiger partial charge in [-0.25, -0.2) is 4.39 Å². The molecule has 19 heavy (non-hydrogen) atoms. The molecule has 1 amide bonds. The first kappa shape index (κ1) is 13.8. The summed E-state index contributed by atoms with van der Waals surface area (Å²) in [6.45, 7) is 4.51. The van der Waals surface area contributed by atoms with Crippen molar-refractivity contribution < 1.29 is 9.18 Å². The quantitative estimate of drug-likeness (QED) is 0.819. The number of nitrogen functional groups attached to an aromatic ring is 1. The van der Waals surface area contributed by atoms with Gasteiger partial charge in [0.2, 0.25) is 5.91 Å². The molecule has 1 aliphatic heterocycles. The van der Waals surface area contributed by atoms with Crippen molar-refractivity contribution in [3.63, 3.8) is 0 Å². The van der Waals surface area contributed by atoms with Gasteiger partial charge >= 0.3 is 0 Å². The van der Waals surface area contributed by atoms with Gasteiger partial charge in [0.05, 0.1) is 12.2 Å². The fourth-order valence-electron chi connectivity index (χ4n) is 2.41. The number of nitrogens with one attached hydrogen (secondary N) is 1. The Morgan fingerprint density at radius 2 is 2.37 bits per heavy atom. The molecule has 3 N–H and O–H groups in total. The highest BCUT2D eigenvalue weighted by atomic mass is 19.1. The van der Waals surface area contributed by atoms with Crippen LogP contribution in [0.15, 0.2) is 18.2 Å². The summed E-state index contributed by atoms with van der Waals surface area (Å²) in [5.74, 6) is 0.153. The predicted molar refractivity (Wildman–Crippen MR) is 74.3 cm³/mol. The lowest BCUT2D eigenvalue weighted by molar-refractivity contribution is -0.117. The van der Waals surface area contributed by atoms with E-state index in [4.69, 9.17) is 5.73 Å². The van der Waals surface area contributed by atoms with E-state index in [0.717, 1.165) is 25.9 Å². The van der Waals surface area contributed by atoms with Gasteiger partial charge in [0, 0.05) is 12.2 Å². The van der Waals surface area contributed by atoms with Gasteiger partial charge in [-0.1, -0.05) is 13.3 Å². The third-order valence-electron chi connectivity index (χ3n) is 3.59. The Labute approximate surface area is 112 Å². The van der Waals surface area contributed by atoms with Crippen LogP contribution in [0.1, 0.15) is 19.8 Å². The minimum absolute atomic E-state index is 0.0463. The second kappa shape index (κ2) is 6.02. The van der Waals surface area contributed by atoms with Crippen LogP contribution in [0.5, 0.6) is 0 Å². The maximum Gasteiger partial charge on any atom is 0.238 e. The number of hydrogen-bond donors (Lipinski definition) is 2. The van der Waals surface area contributed by atoms with E-state index < -0.39 is 5.82 Å². The Kier molecular flexibility index (Phi) is 4.37. The van der Waals surface area contributed by atoms with Crippen molar-refractivity contribution in [2.45, 2.75) is 19.8 Å². The Bertz CT molecular complexity index is 464. The number of hydrogen-bond acceptors (Lipinski definition) is 3. The van der Waals surface area contributed by atoms with Gasteiger partial charge in [0.1, 0.15) is 5.82 Å². The summed E-state index contributed by atoms with van der Waals surface area (Å²) in [4.78, 5) is 14.0. The number of nitrogens with zero attached hydrogens (tertiary/aromatic N) is 1. The third-order valence-corrected chi connectivity index (χ3v) is 3.59. The average molecular weight is 265 g/mol. The highest BCUT2D eigenvalue weighted by Crippen LogP contribution is 2.19. The average Bonchev–Trinajstić information content (AvgIpc) is 2.81. The van der Waals surface area contributed by atoms with Gasteiger partial charge in [-0.05, 0) is 37.1 Å². The Morgan fingerprint density at radius 1 is 1.58 bits per heavy atom. The monoisotopic (exact) mass is 265 g/mol. The summed E-state index contributed by atoms with van der Waals surface area (Å²) >= 11 is 0. The molecule has 0 saturated carbocycles. The summed E-state index contributed by atoms with van der Waals surface area (Å²) < 4.78 is 13.0. The molecule has 2 rings (SSSR count). The van der Waals surface area contributed by atoms with Crippen molar-refractivity contribution in [3.05, 3.63) is 24.0 Å². The number of carbonyl (C=O) groups excluding carboxylic acids is 1. The molecule has 1 heterocycles. The fourth-order valence-corrected chi connectivity index (χ4v) is 2.41. The van der Waals surface area contributed by atoms with Gasteiger partial charge in [-0.15, -0.1) is 0 Å². The van der Waals surface area contributed by atoms with E-state index in [1.54, 1.807) is 0 Å². The van der Waals surface area contributed by atoms with E-state index in [2.05, 4.69) is 17.1 Å². The Balaban J connectivity index is 1.86. The van der Waals surface area contributed by atoms with Crippen molar-refractivity contribution >= 4 is 17.3 Å². The summed E-state index contributed by atoms with van der Waals surface area (Å²) in [5.41, 5.74) is 6.04. The molecule has 1 aromatic rings. The molecule has 0 aliphatic carbocycles. The molecular weight excluding hydrogens is 245 g/mol. The van der Waals surface area contributed by atoms with Gasteiger partial charge in [0.15, 0.2) is 0 Å². The number of benzene rings is 1. The molecule has 0 spiro atoms. The number of anilines is 2. The maximum atomic E-state index is 13.0. The van der Waals surface area contributed by atoms with Crippen LogP contribution in [0.25, 0.3) is 0 Å².